The van der Waals surface area contributed by atoms with Crippen LogP contribution in [0.5, 0.6) is 5.75 Å². The van der Waals surface area contributed by atoms with Crippen LogP contribution in [-0.4, -0.2) is 17.9 Å². The zero-order chi connectivity index (χ0) is 14.6. The second kappa shape index (κ2) is 6.57. The highest BCUT2D eigenvalue weighted by atomic mass is 35.5. The van der Waals surface area contributed by atoms with Gasteiger partial charge in [0.05, 0.1) is 5.02 Å². The molecule has 0 heterocycles. The molecule has 1 unspecified atom stereocenters. The predicted octanol–water partition coefficient (Wildman–Crippen LogP) is 2.71. The van der Waals surface area contributed by atoms with Gasteiger partial charge < -0.3 is 10.1 Å². The van der Waals surface area contributed by atoms with Gasteiger partial charge in [0.1, 0.15) is 11.8 Å². The van der Waals surface area contributed by atoms with E-state index in [1.807, 2.05) is 26.8 Å². The van der Waals surface area contributed by atoms with Crippen molar-refractivity contribution in [2.45, 2.75) is 33.7 Å². The van der Waals surface area contributed by atoms with Crippen molar-refractivity contribution in [3.05, 3.63) is 28.8 Å². The molecule has 0 saturated heterocycles. The lowest BCUT2D eigenvalue weighted by Gasteiger charge is -2.20. The van der Waals surface area contributed by atoms with Gasteiger partial charge in [-0.05, 0) is 30.5 Å². The SMILES string of the molecule is CC(=O)NC(C(=O)Oc1cc(C)ccc1Cl)C(C)C. The molecule has 4 nitrogen and oxygen atoms in total. The predicted molar refractivity (Wildman–Crippen MR) is 74.3 cm³/mol. The molecule has 0 aliphatic heterocycles. The van der Waals surface area contributed by atoms with Crippen molar-refractivity contribution >= 4 is 23.5 Å². The number of nitrogens with one attached hydrogen (secondary N) is 1. The monoisotopic (exact) mass is 283 g/mol. The molecule has 0 spiro atoms. The van der Waals surface area contributed by atoms with Crippen LogP contribution >= 0.6 is 11.6 Å². The number of amides is 1. The summed E-state index contributed by atoms with van der Waals surface area (Å²) < 4.78 is 5.26. The summed E-state index contributed by atoms with van der Waals surface area (Å²) in [4.78, 5) is 23.1. The van der Waals surface area contributed by atoms with E-state index in [0.717, 1.165) is 5.56 Å². The van der Waals surface area contributed by atoms with E-state index in [0.29, 0.717) is 10.8 Å². The highest BCUT2D eigenvalue weighted by Crippen LogP contribution is 2.26. The lowest BCUT2D eigenvalue weighted by atomic mass is 10.0. The fourth-order valence-corrected chi connectivity index (χ4v) is 1.73. The van der Waals surface area contributed by atoms with Gasteiger partial charge in [-0.25, -0.2) is 4.79 Å². The van der Waals surface area contributed by atoms with Crippen molar-refractivity contribution in [2.24, 2.45) is 5.92 Å². The summed E-state index contributed by atoms with van der Waals surface area (Å²) in [6, 6.07) is 4.50. The molecule has 0 aliphatic carbocycles. The van der Waals surface area contributed by atoms with Gasteiger partial charge in [0.2, 0.25) is 5.91 Å². The molecule has 0 aromatic heterocycles. The molecule has 0 bridgehead atoms. The lowest BCUT2D eigenvalue weighted by molar-refractivity contribution is -0.140. The Hall–Kier alpha value is -1.55. The average Bonchev–Trinajstić information content (AvgIpc) is 2.30. The zero-order valence-corrected chi connectivity index (χ0v) is 12.2. The highest BCUT2D eigenvalue weighted by molar-refractivity contribution is 6.32. The Labute approximate surface area is 118 Å². The van der Waals surface area contributed by atoms with Crippen LogP contribution in [0.15, 0.2) is 18.2 Å². The maximum atomic E-state index is 12.1. The van der Waals surface area contributed by atoms with E-state index in [1.165, 1.54) is 6.92 Å². The fraction of sp³-hybridized carbons (Fsp3) is 0.429. The van der Waals surface area contributed by atoms with Crippen molar-refractivity contribution in [3.63, 3.8) is 0 Å². The van der Waals surface area contributed by atoms with Gasteiger partial charge in [0.25, 0.3) is 0 Å². The van der Waals surface area contributed by atoms with Gasteiger partial charge in [0.15, 0.2) is 0 Å². The standard InChI is InChI=1S/C14H18ClNO3/c1-8(2)13(16-10(4)17)14(18)19-12-7-9(3)5-6-11(12)15/h5-8,13H,1-4H3,(H,16,17). The minimum atomic E-state index is -0.686. The number of rotatable bonds is 4. The first-order valence-corrected chi connectivity index (χ1v) is 6.44. The molecule has 0 saturated carbocycles. The maximum Gasteiger partial charge on any atom is 0.334 e. The van der Waals surface area contributed by atoms with Crippen LogP contribution in [0, 0.1) is 12.8 Å². The third-order valence-corrected chi connectivity index (χ3v) is 2.89. The van der Waals surface area contributed by atoms with Crippen LogP contribution in [0.2, 0.25) is 5.02 Å². The summed E-state index contributed by atoms with van der Waals surface area (Å²) in [5.74, 6) is -0.550. The zero-order valence-electron chi connectivity index (χ0n) is 11.5. The summed E-state index contributed by atoms with van der Waals surface area (Å²) >= 11 is 5.97. The van der Waals surface area contributed by atoms with Crippen LogP contribution < -0.4 is 10.1 Å². The summed E-state index contributed by atoms with van der Waals surface area (Å²) in [5, 5.41) is 2.94. The largest absolute Gasteiger partial charge is 0.423 e. The van der Waals surface area contributed by atoms with Crippen molar-refractivity contribution in [1.82, 2.24) is 5.32 Å². The number of ether oxygens (including phenoxy) is 1. The van der Waals surface area contributed by atoms with E-state index in [-0.39, 0.29) is 11.8 Å². The minimum absolute atomic E-state index is 0.0695. The van der Waals surface area contributed by atoms with E-state index in [9.17, 15) is 9.59 Å². The normalized spacial score (nSPS) is 12.1. The van der Waals surface area contributed by atoms with Gasteiger partial charge in [-0.3, -0.25) is 4.79 Å². The first kappa shape index (κ1) is 15.5. The summed E-state index contributed by atoms with van der Waals surface area (Å²) in [5.41, 5.74) is 0.938. The minimum Gasteiger partial charge on any atom is -0.423 e. The molecule has 19 heavy (non-hydrogen) atoms. The molecule has 0 aliphatic rings. The van der Waals surface area contributed by atoms with Crippen LogP contribution in [-0.2, 0) is 9.59 Å². The van der Waals surface area contributed by atoms with Gasteiger partial charge in [-0.15, -0.1) is 0 Å². The number of halogens is 1. The Morgan fingerprint density at radius 3 is 2.47 bits per heavy atom. The van der Waals surface area contributed by atoms with Crippen molar-refractivity contribution in [1.29, 1.82) is 0 Å². The number of hydrogen-bond donors (Lipinski definition) is 1. The highest BCUT2D eigenvalue weighted by Gasteiger charge is 2.25. The number of benzene rings is 1. The van der Waals surface area contributed by atoms with E-state index >= 15 is 0 Å². The second-order valence-corrected chi connectivity index (χ2v) is 5.18. The number of esters is 1. The molecule has 1 N–H and O–H groups in total. The first-order valence-electron chi connectivity index (χ1n) is 6.06. The van der Waals surface area contributed by atoms with Crippen molar-refractivity contribution in [2.75, 3.05) is 0 Å². The molecule has 1 aromatic rings. The van der Waals surface area contributed by atoms with E-state index in [4.69, 9.17) is 16.3 Å². The Morgan fingerprint density at radius 1 is 1.32 bits per heavy atom. The van der Waals surface area contributed by atoms with Crippen LogP contribution in [0.1, 0.15) is 26.3 Å². The number of carbonyl (C=O) groups is 2. The Kier molecular flexibility index (Phi) is 5.36. The Morgan fingerprint density at radius 2 is 1.95 bits per heavy atom. The van der Waals surface area contributed by atoms with Crippen LogP contribution in [0.4, 0.5) is 0 Å². The van der Waals surface area contributed by atoms with E-state index in [2.05, 4.69) is 5.32 Å². The average molecular weight is 284 g/mol. The molecule has 5 heteroatoms. The number of aryl methyl sites for hydroxylation is 1. The quantitative estimate of drug-likeness (QED) is 0.683. The van der Waals surface area contributed by atoms with Gasteiger partial charge in [-0.2, -0.15) is 0 Å². The van der Waals surface area contributed by atoms with Gasteiger partial charge >= 0.3 is 5.97 Å². The van der Waals surface area contributed by atoms with Gasteiger partial charge in [0, 0.05) is 6.92 Å². The third-order valence-electron chi connectivity index (χ3n) is 2.58. The van der Waals surface area contributed by atoms with Gasteiger partial charge in [-0.1, -0.05) is 31.5 Å². The molecular weight excluding hydrogens is 266 g/mol. The number of hydrogen-bond acceptors (Lipinski definition) is 3. The lowest BCUT2D eigenvalue weighted by Crippen LogP contribution is -2.45. The first-order chi connectivity index (χ1) is 8.81. The molecule has 1 rings (SSSR count). The fourth-order valence-electron chi connectivity index (χ4n) is 1.58. The smallest absolute Gasteiger partial charge is 0.334 e. The molecule has 1 aromatic carbocycles. The Bertz CT molecular complexity index is 486. The summed E-state index contributed by atoms with van der Waals surface area (Å²) in [6.07, 6.45) is 0. The molecular formula is C14H18ClNO3. The number of carbonyl (C=O) groups excluding carboxylic acids is 2. The molecule has 1 amide bonds. The topological polar surface area (TPSA) is 55.4 Å². The van der Waals surface area contributed by atoms with E-state index in [1.54, 1.807) is 12.1 Å². The van der Waals surface area contributed by atoms with Crippen LogP contribution in [0.3, 0.4) is 0 Å². The maximum absolute atomic E-state index is 12.1. The molecule has 0 fully saturated rings. The summed E-state index contributed by atoms with van der Waals surface area (Å²) in [7, 11) is 0. The van der Waals surface area contributed by atoms with E-state index < -0.39 is 12.0 Å². The summed E-state index contributed by atoms with van der Waals surface area (Å²) in [6.45, 7) is 6.91. The molecule has 1 atom stereocenters. The van der Waals surface area contributed by atoms with Crippen LogP contribution in [0.25, 0.3) is 0 Å². The second-order valence-electron chi connectivity index (χ2n) is 4.78. The Balaban J connectivity index is 2.87. The van der Waals surface area contributed by atoms with Crippen molar-refractivity contribution in [3.8, 4) is 5.75 Å². The third kappa shape index (κ3) is 4.56. The molecule has 104 valence electrons. The van der Waals surface area contributed by atoms with Crippen molar-refractivity contribution < 1.29 is 14.3 Å². The molecule has 0 radical (unpaired) electrons.